The smallest absolute Gasteiger partial charge is 0.256 e. The Labute approximate surface area is 150 Å². The van der Waals surface area contributed by atoms with Crippen molar-refractivity contribution in [2.75, 3.05) is 6.61 Å². The summed E-state index contributed by atoms with van der Waals surface area (Å²) in [5.41, 5.74) is 3.60. The Morgan fingerprint density at radius 2 is 2.04 bits per heavy atom. The molecule has 0 saturated carbocycles. The lowest BCUT2D eigenvalue weighted by molar-refractivity contribution is 0.101. The number of fused-ring (bicyclic) bond motifs is 1. The second-order valence-corrected chi connectivity index (χ2v) is 6.70. The van der Waals surface area contributed by atoms with Crippen LogP contribution in [-0.4, -0.2) is 32.0 Å². The number of carbonyl (C=O) groups excluding carboxylic acids is 1. The standard InChI is InChI=1S/C18H20N4O2S/c1-5-24-16-7-6-14(13(4)23)9-15(16)10-25-18-21-20-17-19-11(2)8-12(3)22(17)18/h6-9H,5,10H2,1-4H3. The molecular weight excluding hydrogens is 336 g/mol. The van der Waals surface area contributed by atoms with Crippen molar-refractivity contribution < 1.29 is 9.53 Å². The van der Waals surface area contributed by atoms with E-state index in [9.17, 15) is 4.79 Å². The van der Waals surface area contributed by atoms with Gasteiger partial charge in [-0.1, -0.05) is 11.8 Å². The van der Waals surface area contributed by atoms with Gasteiger partial charge in [0.1, 0.15) is 5.75 Å². The van der Waals surface area contributed by atoms with E-state index in [1.54, 1.807) is 24.8 Å². The molecule has 0 atom stereocenters. The van der Waals surface area contributed by atoms with E-state index in [-0.39, 0.29) is 5.78 Å². The van der Waals surface area contributed by atoms with Crippen molar-refractivity contribution in [3.8, 4) is 5.75 Å². The lowest BCUT2D eigenvalue weighted by atomic mass is 10.1. The number of hydrogen-bond donors (Lipinski definition) is 0. The Morgan fingerprint density at radius 1 is 1.24 bits per heavy atom. The number of thioether (sulfide) groups is 1. The molecule has 130 valence electrons. The van der Waals surface area contributed by atoms with Crippen LogP contribution in [0, 0.1) is 13.8 Å². The highest BCUT2D eigenvalue weighted by Gasteiger charge is 2.13. The highest BCUT2D eigenvalue weighted by molar-refractivity contribution is 7.98. The van der Waals surface area contributed by atoms with Crippen LogP contribution in [0.25, 0.3) is 5.78 Å². The predicted octanol–water partition coefficient (Wildman–Crippen LogP) is 3.63. The minimum Gasteiger partial charge on any atom is -0.494 e. The molecule has 0 radical (unpaired) electrons. The molecule has 0 aliphatic rings. The van der Waals surface area contributed by atoms with E-state index in [1.807, 2.05) is 43.4 Å². The minimum absolute atomic E-state index is 0.0396. The molecule has 25 heavy (non-hydrogen) atoms. The topological polar surface area (TPSA) is 69.4 Å². The monoisotopic (exact) mass is 356 g/mol. The summed E-state index contributed by atoms with van der Waals surface area (Å²) in [6.45, 7) is 8.04. The third-order valence-electron chi connectivity index (χ3n) is 3.79. The summed E-state index contributed by atoms with van der Waals surface area (Å²) in [5, 5.41) is 9.18. The van der Waals surface area contributed by atoms with E-state index >= 15 is 0 Å². The Hall–Kier alpha value is -2.41. The third kappa shape index (κ3) is 3.66. The number of ether oxygens (including phenoxy) is 1. The van der Waals surface area contributed by atoms with Crippen LogP contribution < -0.4 is 4.74 Å². The fourth-order valence-corrected chi connectivity index (χ4v) is 3.61. The van der Waals surface area contributed by atoms with E-state index in [1.165, 1.54) is 0 Å². The van der Waals surface area contributed by atoms with Crippen LogP contribution in [0.5, 0.6) is 5.75 Å². The maximum absolute atomic E-state index is 11.7. The van der Waals surface area contributed by atoms with E-state index in [0.29, 0.717) is 23.7 Å². The fraction of sp³-hybridized carbons (Fsp3) is 0.333. The van der Waals surface area contributed by atoms with Gasteiger partial charge in [0.15, 0.2) is 10.9 Å². The first-order valence-electron chi connectivity index (χ1n) is 8.08. The zero-order valence-corrected chi connectivity index (χ0v) is 15.6. The van der Waals surface area contributed by atoms with Crippen molar-refractivity contribution in [3.05, 3.63) is 46.8 Å². The van der Waals surface area contributed by atoms with E-state index in [4.69, 9.17) is 4.74 Å². The van der Waals surface area contributed by atoms with Crippen LogP contribution in [0.3, 0.4) is 0 Å². The molecule has 6 nitrogen and oxygen atoms in total. The Morgan fingerprint density at radius 3 is 2.76 bits per heavy atom. The number of Topliss-reactive ketones (excluding diaryl/α,β-unsaturated/α-hetero) is 1. The molecule has 0 aliphatic carbocycles. The number of carbonyl (C=O) groups is 1. The van der Waals surface area contributed by atoms with Gasteiger partial charge in [0, 0.05) is 28.3 Å². The van der Waals surface area contributed by atoms with Gasteiger partial charge < -0.3 is 4.74 Å². The summed E-state index contributed by atoms with van der Waals surface area (Å²) in [6, 6.07) is 7.54. The van der Waals surface area contributed by atoms with Crippen molar-refractivity contribution in [1.29, 1.82) is 0 Å². The van der Waals surface area contributed by atoms with Gasteiger partial charge in [-0.2, -0.15) is 0 Å². The lowest BCUT2D eigenvalue weighted by Crippen LogP contribution is -2.00. The van der Waals surface area contributed by atoms with Gasteiger partial charge in [0.05, 0.1) is 6.61 Å². The van der Waals surface area contributed by atoms with Gasteiger partial charge in [-0.25, -0.2) is 4.98 Å². The van der Waals surface area contributed by atoms with Crippen LogP contribution in [-0.2, 0) is 5.75 Å². The summed E-state index contributed by atoms with van der Waals surface area (Å²) in [6.07, 6.45) is 0. The number of rotatable bonds is 6. The Balaban J connectivity index is 1.91. The Kier molecular flexibility index (Phi) is 5.03. The van der Waals surface area contributed by atoms with Gasteiger partial charge in [0.25, 0.3) is 5.78 Å². The Bertz CT molecular complexity index is 936. The van der Waals surface area contributed by atoms with Crippen LogP contribution in [0.2, 0.25) is 0 Å². The SMILES string of the molecule is CCOc1ccc(C(C)=O)cc1CSc1nnc2nc(C)cc(C)n12. The molecule has 2 aromatic heterocycles. The van der Waals surface area contributed by atoms with Gasteiger partial charge in [0.2, 0.25) is 0 Å². The van der Waals surface area contributed by atoms with Crippen molar-refractivity contribution >= 4 is 23.3 Å². The number of hydrogen-bond acceptors (Lipinski definition) is 6. The summed E-state index contributed by atoms with van der Waals surface area (Å²) >= 11 is 1.55. The van der Waals surface area contributed by atoms with Crippen molar-refractivity contribution in [2.24, 2.45) is 0 Å². The van der Waals surface area contributed by atoms with Crippen molar-refractivity contribution in [1.82, 2.24) is 19.6 Å². The minimum atomic E-state index is 0.0396. The first kappa shape index (κ1) is 17.4. The second-order valence-electron chi connectivity index (χ2n) is 5.76. The van der Waals surface area contributed by atoms with E-state index < -0.39 is 0 Å². The zero-order chi connectivity index (χ0) is 18.0. The molecule has 0 amide bonds. The molecular formula is C18H20N4O2S. The fourth-order valence-electron chi connectivity index (χ4n) is 2.64. The maximum Gasteiger partial charge on any atom is 0.256 e. The van der Waals surface area contributed by atoms with Crippen LogP contribution >= 0.6 is 11.8 Å². The molecule has 2 heterocycles. The van der Waals surface area contributed by atoms with E-state index in [2.05, 4.69) is 15.2 Å². The normalized spacial score (nSPS) is 11.0. The van der Waals surface area contributed by atoms with E-state index in [0.717, 1.165) is 27.9 Å². The van der Waals surface area contributed by atoms with Crippen LogP contribution in [0.1, 0.15) is 41.2 Å². The second kappa shape index (κ2) is 7.23. The lowest BCUT2D eigenvalue weighted by Gasteiger charge is -2.11. The molecule has 0 fully saturated rings. The first-order valence-corrected chi connectivity index (χ1v) is 9.07. The molecule has 3 rings (SSSR count). The molecule has 0 bridgehead atoms. The summed E-state index contributed by atoms with van der Waals surface area (Å²) in [5.74, 6) is 2.06. The number of nitrogens with zero attached hydrogens (tertiary/aromatic N) is 4. The highest BCUT2D eigenvalue weighted by Crippen LogP contribution is 2.29. The number of aryl methyl sites for hydroxylation is 2. The molecule has 0 unspecified atom stereocenters. The molecule has 7 heteroatoms. The quantitative estimate of drug-likeness (QED) is 0.496. The summed E-state index contributed by atoms with van der Waals surface area (Å²) in [7, 11) is 0. The zero-order valence-electron chi connectivity index (χ0n) is 14.7. The van der Waals surface area contributed by atoms with Crippen molar-refractivity contribution in [2.45, 2.75) is 38.6 Å². The molecule has 0 aliphatic heterocycles. The molecule has 0 N–H and O–H groups in total. The predicted molar refractivity (Wildman–Crippen MR) is 97.4 cm³/mol. The molecule has 3 aromatic rings. The first-order chi connectivity index (χ1) is 12.0. The van der Waals surface area contributed by atoms with Gasteiger partial charge in [-0.05, 0) is 52.0 Å². The molecule has 1 aromatic carbocycles. The average molecular weight is 356 g/mol. The summed E-state index contributed by atoms with van der Waals surface area (Å²) < 4.78 is 7.63. The van der Waals surface area contributed by atoms with Crippen LogP contribution in [0.15, 0.2) is 29.4 Å². The molecule has 0 spiro atoms. The van der Waals surface area contributed by atoms with Crippen molar-refractivity contribution in [3.63, 3.8) is 0 Å². The average Bonchev–Trinajstić information content (AvgIpc) is 2.97. The largest absolute Gasteiger partial charge is 0.494 e. The number of aromatic nitrogens is 4. The number of benzene rings is 1. The maximum atomic E-state index is 11.7. The summed E-state index contributed by atoms with van der Waals surface area (Å²) in [4.78, 5) is 16.1. The highest BCUT2D eigenvalue weighted by atomic mass is 32.2. The van der Waals surface area contributed by atoms with Gasteiger partial charge in [-0.3, -0.25) is 9.20 Å². The molecule has 0 saturated heterocycles. The van der Waals surface area contributed by atoms with Crippen LogP contribution in [0.4, 0.5) is 0 Å². The number of ketones is 1. The van der Waals surface area contributed by atoms with Gasteiger partial charge >= 0.3 is 0 Å². The third-order valence-corrected chi connectivity index (χ3v) is 4.76. The van der Waals surface area contributed by atoms with Gasteiger partial charge in [-0.15, -0.1) is 10.2 Å².